The zero-order chi connectivity index (χ0) is 11.0. The highest BCUT2D eigenvalue weighted by atomic mass is 32.2. The van der Waals surface area contributed by atoms with Crippen molar-refractivity contribution >= 4 is 9.84 Å². The molecule has 0 aromatic heterocycles. The first-order valence-electron chi connectivity index (χ1n) is 5.27. The normalized spacial score (nSPS) is 22.4. The van der Waals surface area contributed by atoms with Gasteiger partial charge in [-0.2, -0.15) is 0 Å². The fraction of sp³-hybridized carbons (Fsp3) is 1.00. The minimum absolute atomic E-state index is 0.130. The van der Waals surface area contributed by atoms with Gasteiger partial charge in [-0.1, -0.05) is 0 Å². The smallest absolute Gasteiger partial charge is 0.152 e. The predicted molar refractivity (Wildman–Crippen MR) is 58.9 cm³/mol. The third-order valence-corrected chi connectivity index (χ3v) is 5.67. The molecule has 1 fully saturated rings. The summed E-state index contributed by atoms with van der Waals surface area (Å²) in [5.41, 5.74) is 5.98. The van der Waals surface area contributed by atoms with Crippen LogP contribution in [0.25, 0.3) is 0 Å². The van der Waals surface area contributed by atoms with Gasteiger partial charge in [-0.15, -0.1) is 0 Å². The maximum absolute atomic E-state index is 11.6. The Morgan fingerprint density at radius 3 is 2.07 bits per heavy atom. The van der Waals surface area contributed by atoms with Crippen molar-refractivity contribution in [1.82, 2.24) is 0 Å². The van der Waals surface area contributed by atoms with Crippen LogP contribution in [0.4, 0.5) is 0 Å². The number of sulfone groups is 1. The molecule has 0 aliphatic heterocycles. The lowest BCUT2D eigenvalue weighted by Crippen LogP contribution is -2.31. The number of hydrogen-bond donors (Lipinski definition) is 1. The SMILES string of the molecule is CC(N)C1(CCS(=O)(=O)C(C)C)CC1. The Morgan fingerprint density at radius 2 is 1.79 bits per heavy atom. The van der Waals surface area contributed by atoms with Crippen molar-refractivity contribution in [3.8, 4) is 0 Å². The Hall–Kier alpha value is -0.0900. The molecule has 1 unspecified atom stereocenters. The highest BCUT2D eigenvalue weighted by Gasteiger charge is 2.46. The van der Waals surface area contributed by atoms with Gasteiger partial charge in [0.05, 0.1) is 11.0 Å². The summed E-state index contributed by atoms with van der Waals surface area (Å²) in [6.07, 6.45) is 2.93. The lowest BCUT2D eigenvalue weighted by atomic mass is 9.96. The first-order valence-corrected chi connectivity index (χ1v) is 6.99. The minimum atomic E-state index is -2.88. The van der Waals surface area contributed by atoms with Gasteiger partial charge in [-0.3, -0.25) is 0 Å². The van der Waals surface area contributed by atoms with Crippen molar-refractivity contribution < 1.29 is 8.42 Å². The van der Waals surface area contributed by atoms with Crippen LogP contribution in [-0.4, -0.2) is 25.5 Å². The summed E-state index contributed by atoms with van der Waals surface area (Å²) in [5, 5.41) is -0.258. The highest BCUT2D eigenvalue weighted by molar-refractivity contribution is 7.91. The van der Waals surface area contributed by atoms with Crippen molar-refractivity contribution in [3.63, 3.8) is 0 Å². The molecule has 1 aliphatic carbocycles. The van der Waals surface area contributed by atoms with Crippen LogP contribution < -0.4 is 5.73 Å². The minimum Gasteiger partial charge on any atom is -0.327 e. The lowest BCUT2D eigenvalue weighted by Gasteiger charge is -2.19. The van der Waals surface area contributed by atoms with Crippen molar-refractivity contribution in [2.45, 2.75) is 51.3 Å². The maximum atomic E-state index is 11.6. The van der Waals surface area contributed by atoms with Crippen LogP contribution in [0.3, 0.4) is 0 Å². The highest BCUT2D eigenvalue weighted by Crippen LogP contribution is 2.51. The maximum Gasteiger partial charge on any atom is 0.152 e. The molecule has 3 nitrogen and oxygen atoms in total. The quantitative estimate of drug-likeness (QED) is 0.759. The van der Waals surface area contributed by atoms with Crippen LogP contribution in [0.15, 0.2) is 0 Å². The largest absolute Gasteiger partial charge is 0.327 e. The first-order chi connectivity index (χ1) is 6.30. The van der Waals surface area contributed by atoms with E-state index in [1.807, 2.05) is 6.92 Å². The lowest BCUT2D eigenvalue weighted by molar-refractivity contribution is 0.406. The Morgan fingerprint density at radius 1 is 1.29 bits per heavy atom. The molecule has 1 aliphatic rings. The van der Waals surface area contributed by atoms with Crippen LogP contribution in [-0.2, 0) is 9.84 Å². The second-order valence-electron chi connectivity index (χ2n) is 4.82. The Labute approximate surface area is 87.0 Å². The number of nitrogens with two attached hydrogens (primary N) is 1. The van der Waals surface area contributed by atoms with E-state index in [2.05, 4.69) is 0 Å². The average Bonchev–Trinajstić information content (AvgIpc) is 2.81. The summed E-state index contributed by atoms with van der Waals surface area (Å²) in [5.74, 6) is 0.298. The molecule has 1 atom stereocenters. The number of hydrogen-bond acceptors (Lipinski definition) is 3. The second kappa shape index (κ2) is 3.81. The molecule has 84 valence electrons. The third kappa shape index (κ3) is 2.48. The zero-order valence-corrected chi connectivity index (χ0v) is 10.1. The van der Waals surface area contributed by atoms with E-state index >= 15 is 0 Å². The van der Waals surface area contributed by atoms with Gasteiger partial charge >= 0.3 is 0 Å². The van der Waals surface area contributed by atoms with E-state index in [1.165, 1.54) is 0 Å². The average molecular weight is 219 g/mol. The van der Waals surface area contributed by atoms with Crippen LogP contribution in [0.1, 0.15) is 40.0 Å². The molecular weight excluding hydrogens is 198 g/mol. The number of rotatable bonds is 5. The Balaban J connectivity index is 2.49. The second-order valence-corrected chi connectivity index (χ2v) is 7.49. The third-order valence-electron chi connectivity index (χ3n) is 3.46. The van der Waals surface area contributed by atoms with Crippen molar-refractivity contribution in [2.75, 3.05) is 5.75 Å². The molecule has 0 saturated heterocycles. The first kappa shape index (κ1) is 12.0. The van der Waals surface area contributed by atoms with Crippen molar-refractivity contribution in [2.24, 2.45) is 11.1 Å². The van der Waals surface area contributed by atoms with Crippen LogP contribution in [0.2, 0.25) is 0 Å². The van der Waals surface area contributed by atoms with Crippen LogP contribution in [0, 0.1) is 5.41 Å². The van der Waals surface area contributed by atoms with Crippen LogP contribution >= 0.6 is 0 Å². The Kier molecular flexibility index (Phi) is 3.26. The van der Waals surface area contributed by atoms with Gasteiger partial charge < -0.3 is 5.73 Å². The van der Waals surface area contributed by atoms with Gasteiger partial charge in [0, 0.05) is 6.04 Å². The summed E-state index contributed by atoms with van der Waals surface area (Å²) in [4.78, 5) is 0. The topological polar surface area (TPSA) is 60.2 Å². The zero-order valence-electron chi connectivity index (χ0n) is 9.29. The molecule has 1 rings (SSSR count). The molecule has 0 aromatic rings. The molecule has 14 heavy (non-hydrogen) atoms. The fourth-order valence-electron chi connectivity index (χ4n) is 1.67. The molecular formula is C10H21NO2S. The van der Waals surface area contributed by atoms with Crippen molar-refractivity contribution in [1.29, 1.82) is 0 Å². The van der Waals surface area contributed by atoms with E-state index < -0.39 is 9.84 Å². The van der Waals surface area contributed by atoms with E-state index in [4.69, 9.17) is 5.73 Å². The molecule has 2 N–H and O–H groups in total. The molecule has 0 amide bonds. The molecule has 0 bridgehead atoms. The molecule has 0 radical (unpaired) electrons. The predicted octanol–water partition coefficient (Wildman–Crippen LogP) is 1.33. The fourth-order valence-corrected chi connectivity index (χ4v) is 2.84. The van der Waals surface area contributed by atoms with Crippen molar-refractivity contribution in [3.05, 3.63) is 0 Å². The van der Waals surface area contributed by atoms with E-state index in [0.29, 0.717) is 5.75 Å². The van der Waals surface area contributed by atoms with Gasteiger partial charge in [0.15, 0.2) is 9.84 Å². The molecule has 0 heterocycles. The molecule has 0 spiro atoms. The van der Waals surface area contributed by atoms with E-state index in [9.17, 15) is 8.42 Å². The van der Waals surface area contributed by atoms with E-state index in [-0.39, 0.29) is 16.7 Å². The van der Waals surface area contributed by atoms with Gasteiger partial charge in [0.2, 0.25) is 0 Å². The monoisotopic (exact) mass is 219 g/mol. The molecule has 4 heteroatoms. The van der Waals surface area contributed by atoms with Gasteiger partial charge in [-0.25, -0.2) is 8.42 Å². The summed E-state index contributed by atoms with van der Waals surface area (Å²) in [6, 6.07) is 0.130. The van der Waals surface area contributed by atoms with Gasteiger partial charge in [0.25, 0.3) is 0 Å². The summed E-state index contributed by atoms with van der Waals surface area (Å²) in [7, 11) is -2.88. The van der Waals surface area contributed by atoms with Gasteiger partial charge in [-0.05, 0) is 45.4 Å². The molecule has 0 aromatic carbocycles. The Bertz CT molecular complexity index is 289. The summed E-state index contributed by atoms with van der Waals surface area (Å²) in [6.45, 7) is 5.45. The summed E-state index contributed by atoms with van der Waals surface area (Å²) < 4.78 is 23.2. The van der Waals surface area contributed by atoms with Crippen LogP contribution in [0.5, 0.6) is 0 Å². The van der Waals surface area contributed by atoms with Gasteiger partial charge in [0.1, 0.15) is 0 Å². The van der Waals surface area contributed by atoms with E-state index in [1.54, 1.807) is 13.8 Å². The summed E-state index contributed by atoms with van der Waals surface area (Å²) >= 11 is 0. The molecule has 1 saturated carbocycles. The van der Waals surface area contributed by atoms with E-state index in [0.717, 1.165) is 19.3 Å². The standard InChI is InChI=1S/C10H21NO2S/c1-8(2)14(12,13)7-6-10(4-5-10)9(3)11/h8-9H,4-7,11H2,1-3H3.